The molecule has 1 aliphatic heterocycles. The zero-order chi connectivity index (χ0) is 23.9. The fraction of sp³-hybridized carbons (Fsp3) is 0.286. The molecule has 7 nitrogen and oxygen atoms in total. The molecule has 166 valence electrons. The molecular formula is C21H18B2ClF2N5O2. The number of fused-ring (bicyclic) bond motifs is 1. The maximum absolute atomic E-state index is 15.3. The second-order valence-electron chi connectivity index (χ2n) is 7.72. The van der Waals surface area contributed by atoms with Crippen molar-refractivity contribution in [2.45, 2.75) is 5.34 Å². The highest BCUT2D eigenvalue weighted by Crippen LogP contribution is 2.31. The van der Waals surface area contributed by atoms with Gasteiger partial charge in [-0.1, -0.05) is 23.7 Å². The summed E-state index contributed by atoms with van der Waals surface area (Å²) in [5.74, 6) is -1.99. The topological polar surface area (TPSA) is 81.3 Å². The van der Waals surface area contributed by atoms with Crippen molar-refractivity contribution in [1.29, 1.82) is 0 Å². The third-order valence-corrected chi connectivity index (χ3v) is 6.06. The molecule has 1 aliphatic rings. The molecule has 3 heterocycles. The van der Waals surface area contributed by atoms with E-state index in [0.29, 0.717) is 31.6 Å². The number of aromatic amines is 1. The molecule has 0 bridgehead atoms. The average Bonchev–Trinajstić information content (AvgIpc) is 2.80. The Hall–Kier alpha value is -2.91. The Kier molecular flexibility index (Phi) is 6.20. The molecule has 2 aromatic heterocycles. The molecule has 0 atom stereocenters. The number of aromatic nitrogens is 2. The first-order valence-corrected chi connectivity index (χ1v) is 10.5. The third-order valence-electron chi connectivity index (χ3n) is 5.78. The Morgan fingerprint density at radius 2 is 1.88 bits per heavy atom. The minimum Gasteiger partial charge on any atom is -0.365 e. The van der Waals surface area contributed by atoms with Crippen LogP contribution in [0.5, 0.6) is 0 Å². The van der Waals surface area contributed by atoms with Gasteiger partial charge in [0, 0.05) is 38.6 Å². The summed E-state index contributed by atoms with van der Waals surface area (Å²) in [6, 6.07) is 7.34. The number of hydrogen-bond acceptors (Lipinski definition) is 5. The fourth-order valence-corrected chi connectivity index (χ4v) is 4.09. The summed E-state index contributed by atoms with van der Waals surface area (Å²) in [7, 11) is 14.1. The molecule has 1 saturated heterocycles. The Balaban J connectivity index is 1.55. The molecule has 0 aliphatic carbocycles. The number of pyridine rings is 2. The van der Waals surface area contributed by atoms with E-state index in [1.807, 2.05) is 0 Å². The monoisotopic (exact) mass is 467 g/mol. The maximum Gasteiger partial charge on any atom is 0.269 e. The third kappa shape index (κ3) is 4.22. The lowest BCUT2D eigenvalue weighted by molar-refractivity contribution is 0.0957. The number of benzene rings is 1. The van der Waals surface area contributed by atoms with E-state index in [1.165, 1.54) is 31.3 Å². The zero-order valence-corrected chi connectivity index (χ0v) is 18.4. The SMILES string of the molecule is [B]C([B])(c1ccc2cc(Cl)c(=O)[nH]c2c1F)N1CCN(c2ccc(C(=O)NC)nc2F)CC1. The van der Waals surface area contributed by atoms with Crippen molar-refractivity contribution in [3.05, 3.63) is 68.7 Å². The predicted octanol–water partition coefficient (Wildman–Crippen LogP) is 1.48. The van der Waals surface area contributed by atoms with Gasteiger partial charge in [-0.3, -0.25) is 9.59 Å². The van der Waals surface area contributed by atoms with Crippen LogP contribution in [0.4, 0.5) is 14.5 Å². The Labute approximate surface area is 195 Å². The van der Waals surface area contributed by atoms with Gasteiger partial charge in [-0.05, 0) is 29.1 Å². The van der Waals surface area contributed by atoms with Gasteiger partial charge >= 0.3 is 0 Å². The van der Waals surface area contributed by atoms with Gasteiger partial charge in [0.2, 0.25) is 5.95 Å². The van der Waals surface area contributed by atoms with E-state index >= 15 is 4.39 Å². The average molecular weight is 467 g/mol. The Bertz CT molecular complexity index is 1300. The van der Waals surface area contributed by atoms with Gasteiger partial charge in [0.25, 0.3) is 11.5 Å². The lowest BCUT2D eigenvalue weighted by Crippen LogP contribution is -2.56. The van der Waals surface area contributed by atoms with E-state index in [9.17, 15) is 14.0 Å². The van der Waals surface area contributed by atoms with E-state index in [4.69, 9.17) is 27.3 Å². The summed E-state index contributed by atoms with van der Waals surface area (Å²) in [6.45, 7) is 1.29. The number of hydrogen-bond donors (Lipinski definition) is 2. The van der Waals surface area contributed by atoms with Crippen LogP contribution in [0.2, 0.25) is 5.02 Å². The molecule has 12 heteroatoms. The van der Waals surface area contributed by atoms with E-state index in [-0.39, 0.29) is 27.5 Å². The van der Waals surface area contributed by atoms with Crippen LogP contribution in [-0.2, 0) is 5.34 Å². The normalized spacial score (nSPS) is 15.1. The molecule has 33 heavy (non-hydrogen) atoms. The van der Waals surface area contributed by atoms with Gasteiger partial charge < -0.3 is 20.1 Å². The maximum atomic E-state index is 15.3. The van der Waals surface area contributed by atoms with Crippen molar-refractivity contribution < 1.29 is 13.6 Å². The highest BCUT2D eigenvalue weighted by molar-refractivity contribution is 6.39. The molecule has 2 N–H and O–H groups in total. The zero-order valence-electron chi connectivity index (χ0n) is 17.7. The first kappa shape index (κ1) is 23.3. The van der Waals surface area contributed by atoms with E-state index in [0.717, 1.165) is 0 Å². The number of halogens is 3. The summed E-state index contributed by atoms with van der Waals surface area (Å²) < 4.78 is 29.8. The summed E-state index contributed by atoms with van der Waals surface area (Å²) in [5.41, 5.74) is -0.430. The van der Waals surface area contributed by atoms with Crippen LogP contribution in [0, 0.1) is 11.8 Å². The Morgan fingerprint density at radius 1 is 1.18 bits per heavy atom. The minimum absolute atomic E-state index is 0.00389. The molecular weight excluding hydrogens is 449 g/mol. The van der Waals surface area contributed by atoms with Gasteiger partial charge in [0.05, 0.1) is 26.9 Å². The highest BCUT2D eigenvalue weighted by atomic mass is 35.5. The Morgan fingerprint density at radius 3 is 2.52 bits per heavy atom. The standard InChI is InChI=1S/C21H18B2ClF2N5O2/c1-27-20(33)14-4-5-15(18(26)28-14)30-6-8-31(9-7-30)21(22,23)12-3-2-11-10-13(24)19(32)29-17(11)16(12)25/h2-5,10H,6-9H2,1H3,(H,27,33)(H,29,32). The van der Waals surface area contributed by atoms with Crippen LogP contribution in [0.1, 0.15) is 16.1 Å². The molecule has 1 amide bonds. The summed E-state index contributed by atoms with van der Waals surface area (Å²) in [6.07, 6.45) is 0. The predicted molar refractivity (Wildman–Crippen MR) is 124 cm³/mol. The van der Waals surface area contributed by atoms with E-state index in [1.54, 1.807) is 15.9 Å². The number of rotatable bonds is 4. The van der Waals surface area contributed by atoms with Crippen LogP contribution < -0.4 is 15.8 Å². The van der Waals surface area contributed by atoms with Crippen molar-refractivity contribution >= 4 is 49.8 Å². The van der Waals surface area contributed by atoms with Crippen molar-refractivity contribution in [3.8, 4) is 0 Å². The molecule has 0 spiro atoms. The first-order valence-electron chi connectivity index (χ1n) is 10.1. The van der Waals surface area contributed by atoms with Crippen molar-refractivity contribution in [2.24, 2.45) is 0 Å². The second kappa shape index (κ2) is 8.79. The molecule has 4 radical (unpaired) electrons. The summed E-state index contributed by atoms with van der Waals surface area (Å²) in [5, 5.41) is 1.07. The smallest absolute Gasteiger partial charge is 0.269 e. The molecule has 1 fully saturated rings. The number of H-pyrrole nitrogens is 1. The number of nitrogens with one attached hydrogen (secondary N) is 2. The number of amides is 1. The number of piperazine rings is 1. The number of nitrogens with zero attached hydrogens (tertiary/aromatic N) is 3. The number of carbonyl (C=O) groups is 1. The lowest BCUT2D eigenvalue weighted by atomic mass is 9.56. The lowest BCUT2D eigenvalue weighted by Gasteiger charge is -2.46. The highest BCUT2D eigenvalue weighted by Gasteiger charge is 2.34. The van der Waals surface area contributed by atoms with Crippen molar-refractivity contribution in [1.82, 2.24) is 20.2 Å². The number of carbonyl (C=O) groups excluding carboxylic acids is 1. The molecule has 1 aromatic carbocycles. The van der Waals surface area contributed by atoms with E-state index < -0.39 is 28.6 Å². The van der Waals surface area contributed by atoms with Crippen LogP contribution in [0.3, 0.4) is 0 Å². The van der Waals surface area contributed by atoms with Crippen molar-refractivity contribution in [2.75, 3.05) is 38.1 Å². The van der Waals surface area contributed by atoms with Gasteiger partial charge in [0.15, 0.2) is 5.82 Å². The van der Waals surface area contributed by atoms with Crippen LogP contribution in [0.15, 0.2) is 35.1 Å². The van der Waals surface area contributed by atoms with Gasteiger partial charge in [-0.25, -0.2) is 9.37 Å². The summed E-state index contributed by atoms with van der Waals surface area (Å²) >= 11 is 5.82. The molecule has 4 rings (SSSR count). The summed E-state index contributed by atoms with van der Waals surface area (Å²) in [4.78, 5) is 33.0. The molecule has 3 aromatic rings. The fourth-order valence-electron chi connectivity index (χ4n) is 3.93. The van der Waals surface area contributed by atoms with Crippen molar-refractivity contribution in [3.63, 3.8) is 0 Å². The van der Waals surface area contributed by atoms with E-state index in [2.05, 4.69) is 15.3 Å². The van der Waals surface area contributed by atoms with Crippen LogP contribution >= 0.6 is 11.6 Å². The first-order chi connectivity index (χ1) is 15.6. The van der Waals surface area contributed by atoms with Crippen LogP contribution in [0.25, 0.3) is 10.9 Å². The second-order valence-corrected chi connectivity index (χ2v) is 8.13. The molecule has 0 unspecified atom stereocenters. The van der Waals surface area contributed by atoms with Gasteiger partial charge in [-0.2, -0.15) is 4.39 Å². The largest absolute Gasteiger partial charge is 0.365 e. The quantitative estimate of drug-likeness (QED) is 0.449. The minimum atomic E-state index is -1.68. The number of anilines is 1. The van der Waals surface area contributed by atoms with Crippen LogP contribution in [-0.4, -0.2) is 69.7 Å². The van der Waals surface area contributed by atoms with Gasteiger partial charge in [-0.15, -0.1) is 0 Å². The molecule has 0 saturated carbocycles. The van der Waals surface area contributed by atoms with Gasteiger partial charge in [0.1, 0.15) is 10.7 Å².